The molecule has 35 heavy (non-hydrogen) atoms. The number of aryl methyl sites for hydroxylation is 1. The van der Waals surface area contributed by atoms with Crippen LogP contribution in [0.15, 0.2) is 24.3 Å². The van der Waals surface area contributed by atoms with Crippen molar-refractivity contribution in [1.29, 1.82) is 0 Å². The van der Waals surface area contributed by atoms with E-state index >= 15 is 0 Å². The van der Waals surface area contributed by atoms with Crippen LogP contribution in [0.2, 0.25) is 0 Å². The highest BCUT2D eigenvalue weighted by molar-refractivity contribution is 5.77. The lowest BCUT2D eigenvalue weighted by atomic mass is 9.88. The van der Waals surface area contributed by atoms with Gasteiger partial charge in [0.1, 0.15) is 23.6 Å². The summed E-state index contributed by atoms with van der Waals surface area (Å²) >= 11 is 0. The van der Waals surface area contributed by atoms with Gasteiger partial charge in [-0.1, -0.05) is 46.8 Å². The summed E-state index contributed by atoms with van der Waals surface area (Å²) in [6.07, 6.45) is 2.52. The first-order chi connectivity index (χ1) is 16.2. The second kappa shape index (κ2) is 11.9. The molecular weight excluding hydrogens is 448 g/mol. The van der Waals surface area contributed by atoms with E-state index in [0.29, 0.717) is 17.6 Å². The van der Waals surface area contributed by atoms with Gasteiger partial charge in [0.2, 0.25) is 0 Å². The van der Waals surface area contributed by atoms with E-state index in [1.807, 2.05) is 60.6 Å². The van der Waals surface area contributed by atoms with Gasteiger partial charge in [-0.3, -0.25) is 14.4 Å². The molecule has 4 rings (SSSR count). The standard InChI is InChI=1S/C12H16O4.C8H16O2.C8H10O/c1-5(2)11(13)15-9-6-3-7-8(4-6)12(14)16-10(7)9;1-6(2)7(9)10-8(3,4)5;1-2-7-3-5-8(9)6-4-7/h5-10H,3-4H2,1-2H3;6H,1-5H3;3-6,9H,2H2,1H3. The Balaban J connectivity index is 0.000000198. The Bertz CT molecular complexity index is 866. The van der Waals surface area contributed by atoms with E-state index in [1.165, 1.54) is 5.56 Å². The summed E-state index contributed by atoms with van der Waals surface area (Å²) in [6, 6.07) is 7.27. The van der Waals surface area contributed by atoms with E-state index in [1.54, 1.807) is 12.1 Å². The van der Waals surface area contributed by atoms with Crippen molar-refractivity contribution in [2.45, 2.75) is 92.5 Å². The van der Waals surface area contributed by atoms with Gasteiger partial charge in [0.05, 0.1) is 17.8 Å². The van der Waals surface area contributed by atoms with Crippen molar-refractivity contribution in [3.05, 3.63) is 29.8 Å². The Morgan fingerprint density at radius 1 is 1.03 bits per heavy atom. The molecule has 1 aromatic carbocycles. The molecule has 0 amide bonds. The number of phenolic OH excluding ortho intramolecular Hbond substituents is 1. The molecule has 1 N–H and O–H groups in total. The fourth-order valence-corrected chi connectivity index (χ4v) is 4.49. The second-order valence-corrected chi connectivity index (χ2v) is 11.2. The number of phenols is 1. The van der Waals surface area contributed by atoms with Crippen LogP contribution in [0.4, 0.5) is 0 Å². The van der Waals surface area contributed by atoms with Crippen LogP contribution < -0.4 is 0 Å². The van der Waals surface area contributed by atoms with Gasteiger partial charge in [-0.2, -0.15) is 0 Å². The van der Waals surface area contributed by atoms with Crippen molar-refractivity contribution in [1.82, 2.24) is 0 Å². The number of ether oxygens (including phenoxy) is 3. The first-order valence-corrected chi connectivity index (χ1v) is 12.6. The largest absolute Gasteiger partial charge is 0.508 e. The van der Waals surface area contributed by atoms with E-state index in [4.69, 9.17) is 19.3 Å². The number of hydrogen-bond acceptors (Lipinski definition) is 7. The first-order valence-electron chi connectivity index (χ1n) is 12.6. The topological polar surface area (TPSA) is 99.1 Å². The lowest BCUT2D eigenvalue weighted by Crippen LogP contribution is -2.36. The molecule has 1 aliphatic heterocycles. The summed E-state index contributed by atoms with van der Waals surface area (Å²) in [5, 5.41) is 8.85. The minimum Gasteiger partial charge on any atom is -0.508 e. The Hall–Kier alpha value is -2.57. The number of esters is 3. The maximum atomic E-state index is 11.6. The molecule has 2 saturated carbocycles. The van der Waals surface area contributed by atoms with Gasteiger partial charge < -0.3 is 19.3 Å². The maximum absolute atomic E-state index is 11.6. The molecule has 0 radical (unpaired) electrons. The number of benzene rings is 1. The van der Waals surface area contributed by atoms with Gasteiger partial charge >= 0.3 is 17.9 Å². The number of hydrogen-bond donors (Lipinski definition) is 1. The van der Waals surface area contributed by atoms with Crippen LogP contribution in [0.5, 0.6) is 5.75 Å². The number of aromatic hydroxyl groups is 1. The highest BCUT2D eigenvalue weighted by Gasteiger charge is 2.63. The molecule has 5 atom stereocenters. The molecule has 0 spiro atoms. The molecule has 5 unspecified atom stereocenters. The Morgan fingerprint density at radius 3 is 2.06 bits per heavy atom. The van der Waals surface area contributed by atoms with Crippen molar-refractivity contribution in [2.75, 3.05) is 0 Å². The third kappa shape index (κ3) is 7.97. The van der Waals surface area contributed by atoms with Gasteiger partial charge in [0.15, 0.2) is 0 Å². The lowest BCUT2D eigenvalue weighted by Gasteiger charge is -2.25. The van der Waals surface area contributed by atoms with Crippen molar-refractivity contribution in [3.63, 3.8) is 0 Å². The van der Waals surface area contributed by atoms with Crippen LogP contribution in [-0.4, -0.2) is 40.8 Å². The predicted molar refractivity (Wildman–Crippen MR) is 132 cm³/mol. The third-order valence-electron chi connectivity index (χ3n) is 6.36. The molecular formula is C28H42O7. The summed E-state index contributed by atoms with van der Waals surface area (Å²) in [7, 11) is 0. The number of fused-ring (bicyclic) bond motifs is 1. The molecule has 3 aliphatic rings. The van der Waals surface area contributed by atoms with Gasteiger partial charge in [0, 0.05) is 11.8 Å². The summed E-state index contributed by atoms with van der Waals surface area (Å²) < 4.78 is 15.8. The van der Waals surface area contributed by atoms with E-state index < -0.39 is 0 Å². The number of carbonyl (C=O) groups excluding carboxylic acids is 3. The number of rotatable bonds is 4. The molecule has 196 valence electrons. The van der Waals surface area contributed by atoms with Crippen molar-refractivity contribution < 1.29 is 33.7 Å². The first kappa shape index (κ1) is 28.7. The van der Waals surface area contributed by atoms with Crippen LogP contribution in [0.1, 0.15) is 73.8 Å². The van der Waals surface area contributed by atoms with E-state index in [-0.39, 0.29) is 53.5 Å². The van der Waals surface area contributed by atoms with Crippen LogP contribution in [0.25, 0.3) is 0 Å². The zero-order valence-electron chi connectivity index (χ0n) is 22.4. The van der Waals surface area contributed by atoms with E-state index in [0.717, 1.165) is 19.3 Å². The monoisotopic (exact) mass is 490 g/mol. The Kier molecular flexibility index (Phi) is 9.76. The molecule has 7 heteroatoms. The molecule has 0 aromatic heterocycles. The quantitative estimate of drug-likeness (QED) is 0.464. The molecule has 2 aliphatic carbocycles. The zero-order valence-corrected chi connectivity index (χ0v) is 22.4. The molecule has 1 aromatic rings. The fraction of sp³-hybridized carbons (Fsp3) is 0.679. The molecule has 2 bridgehead atoms. The lowest BCUT2D eigenvalue weighted by molar-refractivity contribution is -0.164. The predicted octanol–water partition coefficient (Wildman–Crippen LogP) is 5.07. The van der Waals surface area contributed by atoms with Crippen molar-refractivity contribution in [2.24, 2.45) is 29.6 Å². The molecule has 1 saturated heterocycles. The fourth-order valence-electron chi connectivity index (χ4n) is 4.49. The molecule has 7 nitrogen and oxygen atoms in total. The highest BCUT2D eigenvalue weighted by Crippen LogP contribution is 2.55. The Labute approximate surface area is 209 Å². The van der Waals surface area contributed by atoms with Crippen molar-refractivity contribution >= 4 is 17.9 Å². The van der Waals surface area contributed by atoms with Gasteiger partial charge in [-0.05, 0) is 57.7 Å². The smallest absolute Gasteiger partial charge is 0.309 e. The van der Waals surface area contributed by atoms with Crippen LogP contribution >= 0.6 is 0 Å². The molecule has 1 heterocycles. The minimum atomic E-state index is -0.346. The van der Waals surface area contributed by atoms with Gasteiger partial charge in [0.25, 0.3) is 0 Å². The third-order valence-corrected chi connectivity index (χ3v) is 6.36. The highest BCUT2D eigenvalue weighted by atomic mass is 16.6. The normalized spacial score (nSPS) is 25.9. The average Bonchev–Trinajstić information content (AvgIpc) is 3.39. The summed E-state index contributed by atoms with van der Waals surface area (Å²) in [5.41, 5.74) is 0.911. The Morgan fingerprint density at radius 2 is 1.60 bits per heavy atom. The summed E-state index contributed by atoms with van der Waals surface area (Å²) in [4.78, 5) is 34.0. The molecule has 3 fully saturated rings. The second-order valence-electron chi connectivity index (χ2n) is 11.2. The number of carbonyl (C=O) groups is 3. The zero-order chi connectivity index (χ0) is 26.5. The summed E-state index contributed by atoms with van der Waals surface area (Å²) in [5.74, 6) is 0.532. The SMILES string of the molecule is CC(C)C(=O)OC(C)(C)C.CC(C)C(=O)OC1C2CC3C(=O)OC1C3C2.CCc1ccc(O)cc1. The minimum absolute atomic E-state index is 0.0285. The summed E-state index contributed by atoms with van der Waals surface area (Å²) in [6.45, 7) is 15.0. The van der Waals surface area contributed by atoms with Gasteiger partial charge in [-0.25, -0.2) is 0 Å². The van der Waals surface area contributed by atoms with Gasteiger partial charge in [-0.15, -0.1) is 0 Å². The van der Waals surface area contributed by atoms with Crippen LogP contribution in [0, 0.1) is 29.6 Å². The van der Waals surface area contributed by atoms with Crippen LogP contribution in [0.3, 0.4) is 0 Å². The van der Waals surface area contributed by atoms with E-state index in [2.05, 4.69) is 6.92 Å². The average molecular weight is 491 g/mol. The van der Waals surface area contributed by atoms with Crippen LogP contribution in [-0.2, 0) is 35.0 Å². The van der Waals surface area contributed by atoms with E-state index in [9.17, 15) is 14.4 Å². The van der Waals surface area contributed by atoms with Crippen molar-refractivity contribution in [3.8, 4) is 5.75 Å². The maximum Gasteiger partial charge on any atom is 0.309 e.